The molecule has 2 N–H and O–H groups in total. The molecule has 0 atom stereocenters. The molecule has 0 aliphatic carbocycles. The van der Waals surface area contributed by atoms with Gasteiger partial charge in [0.2, 0.25) is 5.89 Å². The molecule has 0 aliphatic heterocycles. The van der Waals surface area contributed by atoms with Crippen LogP contribution in [-0.4, -0.2) is 23.1 Å². The normalized spacial score (nSPS) is 10.7. The summed E-state index contributed by atoms with van der Waals surface area (Å²) in [5.41, 5.74) is 3.14. The summed E-state index contributed by atoms with van der Waals surface area (Å²) < 4.78 is 11.0. The molecule has 31 heavy (non-hydrogen) atoms. The average molecular weight is 472 g/mol. The highest BCUT2D eigenvalue weighted by atomic mass is 35.5. The summed E-state index contributed by atoms with van der Waals surface area (Å²) in [6.45, 7) is 0. The van der Waals surface area contributed by atoms with Crippen molar-refractivity contribution >= 4 is 63.2 Å². The van der Waals surface area contributed by atoms with Crippen molar-refractivity contribution in [3.8, 4) is 17.2 Å². The summed E-state index contributed by atoms with van der Waals surface area (Å²) in [6, 6.07) is 17.3. The van der Waals surface area contributed by atoms with Gasteiger partial charge in [0.25, 0.3) is 5.91 Å². The standard InChI is InChI=1S/C22H15Cl2N3O3S/c1-29-15-7-9-19-18(11-15)26-21(30-19)12-2-5-14(6-3-12)25-22(31)27-20(28)16-8-4-13(23)10-17(16)24/h2-11H,1H3,(H2,25,27,28,31). The van der Waals surface area contributed by atoms with Crippen molar-refractivity contribution in [1.82, 2.24) is 10.3 Å². The highest BCUT2D eigenvalue weighted by Gasteiger charge is 2.13. The molecular formula is C22H15Cl2N3O3S. The Bertz CT molecular complexity index is 1290. The maximum absolute atomic E-state index is 12.4. The van der Waals surface area contributed by atoms with E-state index >= 15 is 0 Å². The first-order chi connectivity index (χ1) is 14.9. The number of carbonyl (C=O) groups excluding carboxylic acids is 1. The summed E-state index contributed by atoms with van der Waals surface area (Å²) in [5, 5.41) is 6.37. The maximum atomic E-state index is 12.4. The van der Waals surface area contributed by atoms with Crippen LogP contribution in [0.1, 0.15) is 10.4 Å². The number of amides is 1. The van der Waals surface area contributed by atoms with Crippen molar-refractivity contribution < 1.29 is 13.9 Å². The lowest BCUT2D eigenvalue weighted by molar-refractivity contribution is 0.0978. The molecule has 0 radical (unpaired) electrons. The molecule has 0 saturated carbocycles. The van der Waals surface area contributed by atoms with E-state index in [2.05, 4.69) is 15.6 Å². The average Bonchev–Trinajstić information content (AvgIpc) is 3.17. The van der Waals surface area contributed by atoms with Crippen LogP contribution < -0.4 is 15.4 Å². The number of rotatable bonds is 4. The van der Waals surface area contributed by atoms with Gasteiger partial charge in [-0.05, 0) is 66.8 Å². The van der Waals surface area contributed by atoms with E-state index in [1.54, 1.807) is 25.3 Å². The third kappa shape index (κ3) is 4.80. The van der Waals surface area contributed by atoms with Crippen molar-refractivity contribution in [2.24, 2.45) is 0 Å². The number of nitrogens with one attached hydrogen (secondary N) is 2. The van der Waals surface area contributed by atoms with Crippen LogP contribution in [0.4, 0.5) is 5.69 Å². The molecular weight excluding hydrogens is 457 g/mol. The van der Waals surface area contributed by atoms with E-state index in [-0.39, 0.29) is 15.7 Å². The first-order valence-electron chi connectivity index (χ1n) is 9.05. The van der Waals surface area contributed by atoms with Gasteiger partial charge in [0.1, 0.15) is 11.3 Å². The first kappa shape index (κ1) is 21.1. The number of ether oxygens (including phenoxy) is 1. The molecule has 0 spiro atoms. The third-order valence-electron chi connectivity index (χ3n) is 4.39. The zero-order chi connectivity index (χ0) is 22.0. The fourth-order valence-electron chi connectivity index (χ4n) is 2.86. The van der Waals surface area contributed by atoms with Gasteiger partial charge < -0.3 is 14.5 Å². The van der Waals surface area contributed by atoms with E-state index in [1.165, 1.54) is 12.1 Å². The minimum Gasteiger partial charge on any atom is -0.497 e. The number of hydrogen-bond donors (Lipinski definition) is 2. The summed E-state index contributed by atoms with van der Waals surface area (Å²) >= 11 is 17.1. The zero-order valence-electron chi connectivity index (χ0n) is 16.1. The van der Waals surface area contributed by atoms with Gasteiger partial charge in [-0.3, -0.25) is 10.1 Å². The summed E-state index contributed by atoms with van der Waals surface area (Å²) in [4.78, 5) is 16.8. The van der Waals surface area contributed by atoms with Gasteiger partial charge in [-0.1, -0.05) is 23.2 Å². The number of aromatic nitrogens is 1. The Morgan fingerprint density at radius 2 is 1.84 bits per heavy atom. The molecule has 0 unspecified atom stereocenters. The Labute approximate surface area is 193 Å². The van der Waals surface area contributed by atoms with Gasteiger partial charge >= 0.3 is 0 Å². The number of anilines is 1. The van der Waals surface area contributed by atoms with E-state index in [1.807, 2.05) is 30.3 Å². The lowest BCUT2D eigenvalue weighted by Gasteiger charge is -2.10. The largest absolute Gasteiger partial charge is 0.497 e. The molecule has 0 aliphatic rings. The van der Waals surface area contributed by atoms with Crippen LogP contribution in [-0.2, 0) is 0 Å². The molecule has 156 valence electrons. The monoisotopic (exact) mass is 471 g/mol. The number of fused-ring (bicyclic) bond motifs is 1. The quantitative estimate of drug-likeness (QED) is 0.358. The fourth-order valence-corrected chi connectivity index (χ4v) is 3.57. The van der Waals surface area contributed by atoms with Crippen LogP contribution in [0.2, 0.25) is 10.0 Å². The van der Waals surface area contributed by atoms with E-state index < -0.39 is 5.91 Å². The van der Waals surface area contributed by atoms with Gasteiger partial charge in [0, 0.05) is 22.3 Å². The lowest BCUT2D eigenvalue weighted by atomic mass is 10.2. The molecule has 6 nitrogen and oxygen atoms in total. The van der Waals surface area contributed by atoms with Crippen LogP contribution in [0, 0.1) is 0 Å². The Balaban J connectivity index is 1.43. The third-order valence-corrected chi connectivity index (χ3v) is 5.14. The highest BCUT2D eigenvalue weighted by Crippen LogP contribution is 2.27. The number of nitrogens with zero attached hydrogens (tertiary/aromatic N) is 1. The number of thiocarbonyl (C=S) groups is 1. The van der Waals surface area contributed by atoms with Gasteiger partial charge in [-0.15, -0.1) is 0 Å². The smallest absolute Gasteiger partial charge is 0.258 e. The predicted octanol–water partition coefficient (Wildman–Crippen LogP) is 5.94. The number of methoxy groups -OCH3 is 1. The second-order valence-electron chi connectivity index (χ2n) is 6.46. The van der Waals surface area contributed by atoms with Gasteiger partial charge in [-0.25, -0.2) is 4.98 Å². The van der Waals surface area contributed by atoms with Gasteiger partial charge in [-0.2, -0.15) is 0 Å². The Morgan fingerprint density at radius 1 is 1.06 bits per heavy atom. The minimum atomic E-state index is -0.433. The molecule has 4 rings (SSSR count). The lowest BCUT2D eigenvalue weighted by Crippen LogP contribution is -2.34. The Morgan fingerprint density at radius 3 is 2.55 bits per heavy atom. The van der Waals surface area contributed by atoms with Crippen LogP contribution in [0.15, 0.2) is 65.1 Å². The molecule has 4 aromatic rings. The molecule has 0 saturated heterocycles. The first-order valence-corrected chi connectivity index (χ1v) is 10.2. The van der Waals surface area contributed by atoms with E-state index in [0.717, 1.165) is 5.56 Å². The molecule has 0 bridgehead atoms. The van der Waals surface area contributed by atoms with E-state index in [9.17, 15) is 4.79 Å². The molecule has 1 aromatic heterocycles. The van der Waals surface area contributed by atoms with Crippen LogP contribution in [0.5, 0.6) is 5.75 Å². The number of halogens is 2. The van der Waals surface area contributed by atoms with Crippen molar-refractivity contribution in [2.75, 3.05) is 12.4 Å². The maximum Gasteiger partial charge on any atom is 0.258 e. The van der Waals surface area contributed by atoms with Crippen LogP contribution in [0.3, 0.4) is 0 Å². The van der Waals surface area contributed by atoms with E-state index in [0.29, 0.717) is 33.4 Å². The number of carbonyl (C=O) groups is 1. The second-order valence-corrected chi connectivity index (χ2v) is 7.71. The van der Waals surface area contributed by atoms with E-state index in [4.69, 9.17) is 44.6 Å². The fraction of sp³-hybridized carbons (Fsp3) is 0.0455. The number of oxazole rings is 1. The minimum absolute atomic E-state index is 0.137. The number of hydrogen-bond acceptors (Lipinski definition) is 5. The van der Waals surface area contributed by atoms with Gasteiger partial charge in [0.15, 0.2) is 10.7 Å². The van der Waals surface area contributed by atoms with Crippen molar-refractivity contribution in [2.45, 2.75) is 0 Å². The van der Waals surface area contributed by atoms with Crippen molar-refractivity contribution in [1.29, 1.82) is 0 Å². The van der Waals surface area contributed by atoms with Crippen molar-refractivity contribution in [3.63, 3.8) is 0 Å². The van der Waals surface area contributed by atoms with Crippen LogP contribution in [0.25, 0.3) is 22.6 Å². The summed E-state index contributed by atoms with van der Waals surface area (Å²) in [5.74, 6) is 0.767. The van der Waals surface area contributed by atoms with Crippen molar-refractivity contribution in [3.05, 3.63) is 76.3 Å². The molecule has 1 amide bonds. The molecule has 0 fully saturated rings. The van der Waals surface area contributed by atoms with Crippen LogP contribution >= 0.6 is 35.4 Å². The predicted molar refractivity (Wildman–Crippen MR) is 126 cm³/mol. The van der Waals surface area contributed by atoms with Gasteiger partial charge in [0.05, 0.1) is 17.7 Å². The molecule has 1 heterocycles. The second kappa shape index (κ2) is 8.93. The topological polar surface area (TPSA) is 76.4 Å². The zero-order valence-corrected chi connectivity index (χ0v) is 18.4. The summed E-state index contributed by atoms with van der Waals surface area (Å²) in [6.07, 6.45) is 0. The Hall–Kier alpha value is -3.13. The Kier molecular flexibility index (Phi) is 6.08. The molecule has 3 aromatic carbocycles. The number of benzene rings is 3. The molecule has 9 heteroatoms. The summed E-state index contributed by atoms with van der Waals surface area (Å²) in [7, 11) is 1.60. The SMILES string of the molecule is COc1ccc2oc(-c3ccc(NC(=S)NC(=O)c4ccc(Cl)cc4Cl)cc3)nc2c1. The highest BCUT2D eigenvalue weighted by molar-refractivity contribution is 7.80.